The van der Waals surface area contributed by atoms with Crippen LogP contribution in [0.5, 0.6) is 5.75 Å². The molecule has 0 radical (unpaired) electrons. The van der Waals surface area contributed by atoms with Crippen LogP contribution in [0.25, 0.3) is 0 Å². The minimum Gasteiger partial charge on any atom is -0.497 e. The summed E-state index contributed by atoms with van der Waals surface area (Å²) < 4.78 is 5.16. The van der Waals surface area contributed by atoms with E-state index < -0.39 is 0 Å². The van der Waals surface area contributed by atoms with Crippen molar-refractivity contribution < 1.29 is 9.53 Å². The van der Waals surface area contributed by atoms with Gasteiger partial charge in [0.05, 0.1) is 25.1 Å². The van der Waals surface area contributed by atoms with Crippen LogP contribution in [0.4, 0.5) is 0 Å². The molecule has 1 aliphatic rings. The Kier molecular flexibility index (Phi) is 6.87. The number of methoxy groups -OCH3 is 1. The van der Waals surface area contributed by atoms with E-state index in [1.165, 1.54) is 17.3 Å². The Morgan fingerprint density at radius 2 is 1.93 bits per heavy atom. The first-order valence-electron chi connectivity index (χ1n) is 9.40. The fraction of sp³-hybridized carbons (Fsp3) is 0.318. The monoisotopic (exact) mass is 395 g/mol. The highest BCUT2D eigenvalue weighted by Crippen LogP contribution is 2.32. The van der Waals surface area contributed by atoms with Gasteiger partial charge < -0.3 is 4.74 Å². The second-order valence-electron chi connectivity index (χ2n) is 6.65. The van der Waals surface area contributed by atoms with Gasteiger partial charge in [0.2, 0.25) is 5.91 Å². The van der Waals surface area contributed by atoms with Crippen molar-refractivity contribution in [3.63, 3.8) is 0 Å². The van der Waals surface area contributed by atoms with Crippen molar-refractivity contribution in [1.29, 1.82) is 0 Å². The summed E-state index contributed by atoms with van der Waals surface area (Å²) in [5, 5.41) is 9.19. The van der Waals surface area contributed by atoms with E-state index in [0.29, 0.717) is 11.7 Å². The van der Waals surface area contributed by atoms with Crippen LogP contribution in [0.1, 0.15) is 36.5 Å². The molecule has 5 nitrogen and oxygen atoms in total. The molecule has 28 heavy (non-hydrogen) atoms. The summed E-state index contributed by atoms with van der Waals surface area (Å²) in [5.74, 6) is 0.917. The predicted molar refractivity (Wildman–Crippen MR) is 116 cm³/mol. The molecule has 2 aromatic rings. The molecule has 6 heteroatoms. The number of nitrogens with zero attached hydrogens (tertiary/aromatic N) is 3. The van der Waals surface area contributed by atoms with Gasteiger partial charge in [-0.15, -0.1) is 5.10 Å². The third-order valence-corrected chi connectivity index (χ3v) is 5.86. The minimum absolute atomic E-state index is 0.0797. The van der Waals surface area contributed by atoms with Crippen LogP contribution in [0.15, 0.2) is 58.7 Å². The molecule has 0 aliphatic carbocycles. The standard InChI is InChI=1S/C22H25N3O2S/c1-4-7-20-21(26)25(15-18-9-6-5-8-16(18)2)22(28-20)24-23-14-17-10-12-19(27-3)13-11-17/h5-6,8-14,20H,4,7,15H2,1-3H3/b23-14-,24-22-/t20-/m1/s1. The minimum atomic E-state index is -0.0797. The number of amidine groups is 1. The average Bonchev–Trinajstić information content (AvgIpc) is 2.99. The molecule has 0 saturated carbocycles. The Morgan fingerprint density at radius 3 is 2.61 bits per heavy atom. The lowest BCUT2D eigenvalue weighted by atomic mass is 10.1. The molecule has 1 amide bonds. The molecule has 1 aliphatic heterocycles. The lowest BCUT2D eigenvalue weighted by molar-refractivity contribution is -0.126. The van der Waals surface area contributed by atoms with Crippen LogP contribution in [-0.2, 0) is 11.3 Å². The first kappa shape index (κ1) is 20.1. The summed E-state index contributed by atoms with van der Waals surface area (Å²) in [6, 6.07) is 15.7. The third kappa shape index (κ3) is 4.81. The molecule has 0 N–H and O–H groups in total. The Hall–Kier alpha value is -2.60. The van der Waals surface area contributed by atoms with Crippen molar-refractivity contribution in [2.45, 2.75) is 38.5 Å². The summed E-state index contributed by atoms with van der Waals surface area (Å²) in [6.45, 7) is 4.68. The van der Waals surface area contributed by atoms with Gasteiger partial charge in [-0.1, -0.05) is 49.4 Å². The molecule has 146 valence electrons. The van der Waals surface area contributed by atoms with Gasteiger partial charge in [-0.3, -0.25) is 9.69 Å². The number of thioether (sulfide) groups is 1. The number of hydrogen-bond donors (Lipinski definition) is 0. The van der Waals surface area contributed by atoms with E-state index >= 15 is 0 Å². The van der Waals surface area contributed by atoms with Gasteiger partial charge >= 0.3 is 0 Å². The van der Waals surface area contributed by atoms with Crippen LogP contribution >= 0.6 is 11.8 Å². The van der Waals surface area contributed by atoms with Gasteiger partial charge in [-0.2, -0.15) is 5.10 Å². The van der Waals surface area contributed by atoms with E-state index in [2.05, 4.69) is 36.2 Å². The van der Waals surface area contributed by atoms with E-state index in [-0.39, 0.29) is 11.2 Å². The molecule has 2 aromatic carbocycles. The zero-order chi connectivity index (χ0) is 19.9. The van der Waals surface area contributed by atoms with Crippen molar-refractivity contribution in [2.75, 3.05) is 7.11 Å². The smallest absolute Gasteiger partial charge is 0.242 e. The van der Waals surface area contributed by atoms with E-state index in [0.717, 1.165) is 29.7 Å². The van der Waals surface area contributed by atoms with Crippen LogP contribution in [0.3, 0.4) is 0 Å². The molecule has 0 unspecified atom stereocenters. The highest BCUT2D eigenvalue weighted by atomic mass is 32.2. The van der Waals surface area contributed by atoms with Crippen molar-refractivity contribution in [2.24, 2.45) is 10.2 Å². The maximum absolute atomic E-state index is 12.9. The second-order valence-corrected chi connectivity index (χ2v) is 7.82. The summed E-state index contributed by atoms with van der Waals surface area (Å²) in [7, 11) is 1.64. The molecule has 0 bridgehead atoms. The number of aryl methyl sites for hydroxylation is 1. The summed E-state index contributed by atoms with van der Waals surface area (Å²) in [6.07, 6.45) is 3.50. The maximum atomic E-state index is 12.9. The maximum Gasteiger partial charge on any atom is 0.242 e. The normalized spacial score (nSPS) is 18.4. The van der Waals surface area contributed by atoms with Crippen molar-refractivity contribution in [1.82, 2.24) is 4.90 Å². The van der Waals surface area contributed by atoms with Crippen molar-refractivity contribution in [3.8, 4) is 5.75 Å². The fourth-order valence-electron chi connectivity index (χ4n) is 2.97. The second kappa shape index (κ2) is 9.55. The van der Waals surface area contributed by atoms with E-state index in [4.69, 9.17) is 4.74 Å². The summed E-state index contributed by atoms with van der Waals surface area (Å²) in [5.41, 5.74) is 3.22. The molecule has 0 aromatic heterocycles. The average molecular weight is 396 g/mol. The van der Waals surface area contributed by atoms with Crippen LogP contribution < -0.4 is 4.74 Å². The number of carbonyl (C=O) groups excluding carboxylic acids is 1. The Morgan fingerprint density at radius 1 is 1.18 bits per heavy atom. The topological polar surface area (TPSA) is 54.3 Å². The molecule has 3 rings (SSSR count). The van der Waals surface area contributed by atoms with Gasteiger partial charge in [0.1, 0.15) is 5.75 Å². The number of ether oxygens (including phenoxy) is 1. The van der Waals surface area contributed by atoms with Gasteiger partial charge in [0.15, 0.2) is 5.17 Å². The molecule has 1 atom stereocenters. The number of rotatable bonds is 7. The van der Waals surface area contributed by atoms with Gasteiger partial charge in [-0.25, -0.2) is 0 Å². The predicted octanol–water partition coefficient (Wildman–Crippen LogP) is 4.64. The van der Waals surface area contributed by atoms with Crippen LogP contribution in [-0.4, -0.2) is 34.5 Å². The van der Waals surface area contributed by atoms with Gasteiger partial charge in [-0.05, 0) is 54.3 Å². The lowest BCUT2D eigenvalue weighted by Crippen LogP contribution is -2.31. The highest BCUT2D eigenvalue weighted by molar-refractivity contribution is 8.15. The molecular weight excluding hydrogens is 370 g/mol. The van der Waals surface area contributed by atoms with Gasteiger partial charge in [0, 0.05) is 0 Å². The molecular formula is C22H25N3O2S. The van der Waals surface area contributed by atoms with Crippen molar-refractivity contribution in [3.05, 3.63) is 65.2 Å². The highest BCUT2D eigenvalue weighted by Gasteiger charge is 2.37. The zero-order valence-electron chi connectivity index (χ0n) is 16.5. The quantitative estimate of drug-likeness (QED) is 0.507. The summed E-state index contributed by atoms with van der Waals surface area (Å²) in [4.78, 5) is 14.6. The van der Waals surface area contributed by atoms with Crippen molar-refractivity contribution >= 4 is 29.1 Å². The number of amides is 1. The molecule has 1 fully saturated rings. The lowest BCUT2D eigenvalue weighted by Gasteiger charge is -2.17. The molecule has 0 spiro atoms. The molecule has 1 heterocycles. The first-order chi connectivity index (χ1) is 13.6. The summed E-state index contributed by atoms with van der Waals surface area (Å²) >= 11 is 1.51. The van der Waals surface area contributed by atoms with Crippen LogP contribution in [0.2, 0.25) is 0 Å². The zero-order valence-corrected chi connectivity index (χ0v) is 17.3. The number of benzene rings is 2. The Labute approximate surface area is 170 Å². The fourth-order valence-corrected chi connectivity index (χ4v) is 4.18. The van der Waals surface area contributed by atoms with Crippen LogP contribution in [0, 0.1) is 6.92 Å². The molecule has 1 saturated heterocycles. The SMILES string of the molecule is CCC[C@H]1S/C(=N\N=C/c2ccc(OC)cc2)N(Cc2ccccc2C)C1=O. The number of hydrogen-bond acceptors (Lipinski definition) is 5. The van der Waals surface area contributed by atoms with E-state index in [1.54, 1.807) is 18.2 Å². The Balaban J connectivity index is 1.80. The van der Waals surface area contributed by atoms with E-state index in [1.807, 2.05) is 36.4 Å². The largest absolute Gasteiger partial charge is 0.497 e. The third-order valence-electron chi connectivity index (χ3n) is 4.63. The first-order valence-corrected chi connectivity index (χ1v) is 10.3. The van der Waals surface area contributed by atoms with Gasteiger partial charge in [0.25, 0.3) is 0 Å². The Bertz CT molecular complexity index is 878. The van der Waals surface area contributed by atoms with E-state index in [9.17, 15) is 4.79 Å². The number of carbonyl (C=O) groups is 1.